The van der Waals surface area contributed by atoms with Gasteiger partial charge in [-0.1, -0.05) is 18.0 Å². The van der Waals surface area contributed by atoms with Crippen LogP contribution < -0.4 is 0 Å². The highest BCUT2D eigenvalue weighted by molar-refractivity contribution is 5.21. The molecule has 1 aliphatic heterocycles. The van der Waals surface area contributed by atoms with Crippen LogP contribution in [-0.2, 0) is 24.4 Å². The van der Waals surface area contributed by atoms with Crippen LogP contribution in [-0.4, -0.2) is 32.8 Å². The molecule has 0 saturated heterocycles. The second-order valence-electron chi connectivity index (χ2n) is 7.87. The molecular formula is C20H30N4O2. The van der Waals surface area contributed by atoms with Crippen LogP contribution in [0.5, 0.6) is 0 Å². The van der Waals surface area contributed by atoms with E-state index in [1.807, 2.05) is 20.0 Å². The van der Waals surface area contributed by atoms with Crippen LogP contribution in [0.15, 0.2) is 10.7 Å². The van der Waals surface area contributed by atoms with E-state index in [4.69, 9.17) is 14.2 Å². The molecule has 142 valence electrons. The Morgan fingerprint density at radius 1 is 1.23 bits per heavy atom. The first-order chi connectivity index (χ1) is 12.6. The summed E-state index contributed by atoms with van der Waals surface area (Å²) in [7, 11) is 0. The van der Waals surface area contributed by atoms with E-state index < -0.39 is 0 Å². The lowest BCUT2D eigenvalue weighted by molar-refractivity contribution is 0.0815. The number of rotatable bonds is 6. The molecule has 2 aromatic rings. The van der Waals surface area contributed by atoms with Crippen LogP contribution in [0.25, 0.3) is 0 Å². The molecule has 0 aromatic carbocycles. The van der Waals surface area contributed by atoms with Crippen LogP contribution in [0.4, 0.5) is 0 Å². The van der Waals surface area contributed by atoms with Crippen molar-refractivity contribution >= 4 is 0 Å². The van der Waals surface area contributed by atoms with Crippen molar-refractivity contribution in [2.75, 3.05) is 13.2 Å². The zero-order chi connectivity index (χ0) is 18.1. The summed E-state index contributed by atoms with van der Waals surface area (Å²) >= 11 is 0. The van der Waals surface area contributed by atoms with E-state index in [1.165, 1.54) is 36.9 Å². The molecule has 0 spiro atoms. The normalized spacial score (nSPS) is 21.4. The second-order valence-corrected chi connectivity index (χ2v) is 7.87. The molecule has 1 saturated carbocycles. The van der Waals surface area contributed by atoms with Crippen molar-refractivity contribution in [2.45, 2.75) is 72.2 Å². The Kier molecular flexibility index (Phi) is 5.14. The molecule has 0 bridgehead atoms. The van der Waals surface area contributed by atoms with Gasteiger partial charge in [0.2, 0.25) is 0 Å². The number of hydrogen-bond donors (Lipinski definition) is 0. The summed E-state index contributed by atoms with van der Waals surface area (Å²) < 4.78 is 13.7. The van der Waals surface area contributed by atoms with Crippen molar-refractivity contribution in [3.8, 4) is 0 Å². The number of imidazole rings is 1. The van der Waals surface area contributed by atoms with E-state index in [9.17, 15) is 0 Å². The van der Waals surface area contributed by atoms with E-state index in [1.54, 1.807) is 0 Å². The predicted molar refractivity (Wildman–Crippen MR) is 98.6 cm³/mol. The second kappa shape index (κ2) is 7.53. The number of hydrogen-bond acceptors (Lipinski definition) is 5. The number of ether oxygens (including phenoxy) is 1. The topological polar surface area (TPSA) is 56.3 Å². The molecule has 1 fully saturated rings. The van der Waals surface area contributed by atoms with Crippen molar-refractivity contribution in [2.24, 2.45) is 5.92 Å². The smallest absolute Gasteiger partial charge is 0.138 e. The zero-order valence-electron chi connectivity index (χ0n) is 16.2. The molecule has 0 N–H and O–H groups in total. The van der Waals surface area contributed by atoms with Gasteiger partial charge >= 0.3 is 0 Å². The van der Waals surface area contributed by atoms with E-state index in [-0.39, 0.29) is 6.04 Å². The highest BCUT2D eigenvalue weighted by atomic mass is 16.5. The fourth-order valence-corrected chi connectivity index (χ4v) is 4.37. The standard InChI is InChI=1S/C20H30N4O2/c1-14-19(16(3)26-22-14)11-23-8-9-24-18(10-21-20(24)15(23)2)13-25-12-17-6-4-5-7-17/h10,15,17H,4-9,11-13H2,1-3H3/t15-/m0/s1. The van der Waals surface area contributed by atoms with Crippen molar-refractivity contribution < 1.29 is 9.26 Å². The summed E-state index contributed by atoms with van der Waals surface area (Å²) in [6.45, 7) is 10.7. The van der Waals surface area contributed by atoms with Crippen molar-refractivity contribution in [3.05, 3.63) is 34.7 Å². The quantitative estimate of drug-likeness (QED) is 0.787. The highest BCUT2D eigenvalue weighted by Gasteiger charge is 2.28. The van der Waals surface area contributed by atoms with Crippen LogP contribution in [0.1, 0.15) is 67.2 Å². The Bertz CT molecular complexity index is 726. The Hall–Kier alpha value is -1.66. The van der Waals surface area contributed by atoms with Gasteiger partial charge in [-0.15, -0.1) is 0 Å². The van der Waals surface area contributed by atoms with Gasteiger partial charge in [0.05, 0.1) is 30.2 Å². The Morgan fingerprint density at radius 3 is 2.77 bits per heavy atom. The molecule has 0 unspecified atom stereocenters. The molecule has 4 rings (SSSR count). The summed E-state index contributed by atoms with van der Waals surface area (Å²) in [5.74, 6) is 2.83. The van der Waals surface area contributed by atoms with Crippen LogP contribution in [0.2, 0.25) is 0 Å². The third-order valence-electron chi connectivity index (χ3n) is 6.12. The van der Waals surface area contributed by atoms with Crippen LogP contribution in [0, 0.1) is 19.8 Å². The fourth-order valence-electron chi connectivity index (χ4n) is 4.37. The van der Waals surface area contributed by atoms with E-state index in [0.29, 0.717) is 6.61 Å². The maximum atomic E-state index is 6.01. The molecule has 3 heterocycles. The van der Waals surface area contributed by atoms with Gasteiger partial charge in [0, 0.05) is 31.8 Å². The van der Waals surface area contributed by atoms with Gasteiger partial charge in [-0.05, 0) is 39.5 Å². The lowest BCUT2D eigenvalue weighted by Gasteiger charge is -2.34. The average molecular weight is 358 g/mol. The van der Waals surface area contributed by atoms with Gasteiger partial charge in [-0.2, -0.15) is 0 Å². The third kappa shape index (κ3) is 3.45. The van der Waals surface area contributed by atoms with Gasteiger partial charge < -0.3 is 13.8 Å². The SMILES string of the molecule is Cc1noc(C)c1CN1CCn2c(COCC3CCCC3)cnc2[C@@H]1C. The zero-order valence-corrected chi connectivity index (χ0v) is 16.2. The highest BCUT2D eigenvalue weighted by Crippen LogP contribution is 2.29. The lowest BCUT2D eigenvalue weighted by atomic mass is 10.1. The van der Waals surface area contributed by atoms with Crippen LogP contribution >= 0.6 is 0 Å². The number of aryl methyl sites for hydroxylation is 2. The van der Waals surface area contributed by atoms with E-state index in [0.717, 1.165) is 49.4 Å². The monoisotopic (exact) mass is 358 g/mol. The first-order valence-corrected chi connectivity index (χ1v) is 9.91. The fraction of sp³-hybridized carbons (Fsp3) is 0.700. The van der Waals surface area contributed by atoms with Crippen molar-refractivity contribution in [1.29, 1.82) is 0 Å². The van der Waals surface area contributed by atoms with Crippen molar-refractivity contribution in [1.82, 2.24) is 19.6 Å². The largest absolute Gasteiger partial charge is 0.375 e. The molecule has 1 aliphatic carbocycles. The average Bonchev–Trinajstić information content (AvgIpc) is 3.35. The van der Waals surface area contributed by atoms with Gasteiger partial charge in [-0.25, -0.2) is 4.98 Å². The van der Waals surface area contributed by atoms with Gasteiger partial charge in [-0.3, -0.25) is 4.90 Å². The number of fused-ring (bicyclic) bond motifs is 1. The lowest BCUT2D eigenvalue weighted by Crippen LogP contribution is -2.37. The van der Waals surface area contributed by atoms with E-state index >= 15 is 0 Å². The number of aromatic nitrogens is 3. The number of nitrogens with zero attached hydrogens (tertiary/aromatic N) is 4. The summed E-state index contributed by atoms with van der Waals surface area (Å²) in [4.78, 5) is 7.17. The minimum Gasteiger partial charge on any atom is -0.375 e. The molecule has 2 aromatic heterocycles. The molecule has 6 heteroatoms. The minimum atomic E-state index is 0.279. The Balaban J connectivity index is 1.39. The summed E-state index contributed by atoms with van der Waals surface area (Å²) in [6, 6.07) is 0.279. The summed E-state index contributed by atoms with van der Waals surface area (Å²) in [5, 5.41) is 4.08. The van der Waals surface area contributed by atoms with Gasteiger partial charge in [0.1, 0.15) is 11.6 Å². The maximum Gasteiger partial charge on any atom is 0.138 e. The molecule has 6 nitrogen and oxygen atoms in total. The first kappa shape index (κ1) is 17.7. The van der Waals surface area contributed by atoms with Crippen molar-refractivity contribution in [3.63, 3.8) is 0 Å². The molecule has 1 atom stereocenters. The molecular weight excluding hydrogens is 328 g/mol. The van der Waals surface area contributed by atoms with Crippen LogP contribution in [0.3, 0.4) is 0 Å². The Labute approximate surface area is 155 Å². The third-order valence-corrected chi connectivity index (χ3v) is 6.12. The van der Waals surface area contributed by atoms with Gasteiger partial charge in [0.25, 0.3) is 0 Å². The molecule has 2 aliphatic rings. The summed E-state index contributed by atoms with van der Waals surface area (Å²) in [5.41, 5.74) is 3.41. The molecule has 0 radical (unpaired) electrons. The Morgan fingerprint density at radius 2 is 2.04 bits per heavy atom. The van der Waals surface area contributed by atoms with Gasteiger partial charge in [0.15, 0.2) is 0 Å². The minimum absolute atomic E-state index is 0.279. The molecule has 26 heavy (non-hydrogen) atoms. The summed E-state index contributed by atoms with van der Waals surface area (Å²) in [6.07, 6.45) is 7.40. The molecule has 0 amide bonds. The van der Waals surface area contributed by atoms with E-state index in [2.05, 4.69) is 21.5 Å². The predicted octanol–water partition coefficient (Wildman–Crippen LogP) is 3.77. The maximum absolute atomic E-state index is 6.01. The first-order valence-electron chi connectivity index (χ1n) is 9.91.